The number of hydrogen-bond acceptors (Lipinski definition) is 4. The van der Waals surface area contributed by atoms with Crippen LogP contribution in [-0.2, 0) is 6.18 Å². The minimum atomic E-state index is -4.45. The molecule has 1 unspecified atom stereocenters. The number of aromatic nitrogens is 4. The molecule has 0 radical (unpaired) electrons. The molecule has 1 aromatic carbocycles. The molecule has 1 fully saturated rings. The van der Waals surface area contributed by atoms with E-state index in [0.717, 1.165) is 36.0 Å². The molecular formula is C23H20F3N5O. The van der Waals surface area contributed by atoms with Gasteiger partial charge in [-0.15, -0.1) is 10.2 Å². The number of likely N-dealkylation sites (tertiary alicyclic amines) is 1. The zero-order valence-electron chi connectivity index (χ0n) is 17.3. The molecule has 0 saturated carbocycles. The Morgan fingerprint density at radius 1 is 1.12 bits per heavy atom. The van der Waals surface area contributed by atoms with E-state index in [1.54, 1.807) is 4.90 Å². The number of alkyl halides is 3. The second-order valence-corrected chi connectivity index (χ2v) is 8.11. The molecule has 1 amide bonds. The van der Waals surface area contributed by atoms with E-state index >= 15 is 0 Å². The average Bonchev–Trinajstić information content (AvgIpc) is 3.21. The Bertz CT molecular complexity index is 1330. The summed E-state index contributed by atoms with van der Waals surface area (Å²) in [4.78, 5) is 19.6. The summed E-state index contributed by atoms with van der Waals surface area (Å²) >= 11 is 0. The van der Waals surface area contributed by atoms with Crippen molar-refractivity contribution in [3.63, 3.8) is 0 Å². The summed E-state index contributed by atoms with van der Waals surface area (Å²) in [5.74, 6) is 0.104. The second-order valence-electron chi connectivity index (χ2n) is 8.11. The zero-order chi connectivity index (χ0) is 22.5. The van der Waals surface area contributed by atoms with Gasteiger partial charge in [0, 0.05) is 30.6 Å². The summed E-state index contributed by atoms with van der Waals surface area (Å²) in [6.07, 6.45) is -1.98. The molecule has 4 aromatic rings. The number of nitrogens with zero attached hydrogens (tertiary/aromatic N) is 5. The Morgan fingerprint density at radius 3 is 2.75 bits per heavy atom. The number of aryl methyl sites for hydroxylation is 1. The van der Waals surface area contributed by atoms with Gasteiger partial charge in [0.15, 0.2) is 5.65 Å². The standard InChI is InChI=1S/C23H20F3N5O/c1-14-18(11-15-5-2-3-7-19(15)27-14)22(32)30-10-4-6-16(12-30)21-29-28-20-9-8-17(13-31(20)21)23(24,25)26/h2-3,5,7-9,11,13,16H,4,6,10,12H2,1H3. The van der Waals surface area contributed by atoms with Crippen molar-refractivity contribution in [3.05, 3.63) is 71.3 Å². The first kappa shape index (κ1) is 20.4. The molecule has 6 nitrogen and oxygen atoms in total. The van der Waals surface area contributed by atoms with Crippen LogP contribution in [0.5, 0.6) is 0 Å². The van der Waals surface area contributed by atoms with Gasteiger partial charge in [-0.2, -0.15) is 13.2 Å². The van der Waals surface area contributed by atoms with Crippen LogP contribution in [0.3, 0.4) is 0 Å². The number of amides is 1. The SMILES string of the molecule is Cc1nc2ccccc2cc1C(=O)N1CCCC(c2nnc3ccc(C(F)(F)F)cn23)C1. The quantitative estimate of drug-likeness (QED) is 0.457. The fourth-order valence-electron chi connectivity index (χ4n) is 4.33. The van der Waals surface area contributed by atoms with Crippen molar-refractivity contribution >= 4 is 22.5 Å². The lowest BCUT2D eigenvalue weighted by Crippen LogP contribution is -2.40. The van der Waals surface area contributed by atoms with Crippen molar-refractivity contribution < 1.29 is 18.0 Å². The molecule has 0 bridgehead atoms. The van der Waals surface area contributed by atoms with Gasteiger partial charge in [0.1, 0.15) is 5.82 Å². The number of piperidine rings is 1. The topological polar surface area (TPSA) is 63.4 Å². The number of para-hydroxylation sites is 1. The van der Waals surface area contributed by atoms with Crippen LogP contribution in [-0.4, -0.2) is 43.5 Å². The normalized spacial score (nSPS) is 17.2. The molecule has 1 aliphatic rings. The van der Waals surface area contributed by atoms with E-state index in [1.807, 2.05) is 37.3 Å². The fraction of sp³-hybridized carbons (Fsp3) is 0.304. The van der Waals surface area contributed by atoms with Crippen LogP contribution in [0.2, 0.25) is 0 Å². The van der Waals surface area contributed by atoms with E-state index < -0.39 is 11.7 Å². The number of hydrogen-bond donors (Lipinski definition) is 0. The molecule has 1 atom stereocenters. The number of fused-ring (bicyclic) bond motifs is 2. The van der Waals surface area contributed by atoms with Gasteiger partial charge in [0.05, 0.1) is 22.3 Å². The summed E-state index contributed by atoms with van der Waals surface area (Å²) in [5.41, 5.74) is 1.61. The van der Waals surface area contributed by atoms with Crippen LogP contribution >= 0.6 is 0 Å². The van der Waals surface area contributed by atoms with Gasteiger partial charge in [0.2, 0.25) is 0 Å². The summed E-state index contributed by atoms with van der Waals surface area (Å²) in [5, 5.41) is 9.08. The maximum Gasteiger partial charge on any atom is 0.417 e. The lowest BCUT2D eigenvalue weighted by Gasteiger charge is -2.32. The van der Waals surface area contributed by atoms with E-state index in [-0.39, 0.29) is 11.8 Å². The lowest BCUT2D eigenvalue weighted by molar-refractivity contribution is -0.137. The predicted molar refractivity (Wildman–Crippen MR) is 112 cm³/mol. The lowest BCUT2D eigenvalue weighted by atomic mass is 9.96. The van der Waals surface area contributed by atoms with Gasteiger partial charge >= 0.3 is 6.18 Å². The van der Waals surface area contributed by atoms with Crippen LogP contribution in [0.15, 0.2) is 48.7 Å². The number of carbonyl (C=O) groups is 1. The van der Waals surface area contributed by atoms with Crippen molar-refractivity contribution in [1.29, 1.82) is 0 Å². The Labute approximate surface area is 181 Å². The number of carbonyl (C=O) groups excluding carboxylic acids is 1. The Kier molecular flexibility index (Phi) is 4.83. The van der Waals surface area contributed by atoms with Crippen LogP contribution in [0.4, 0.5) is 13.2 Å². The van der Waals surface area contributed by atoms with Gasteiger partial charge in [-0.1, -0.05) is 18.2 Å². The van der Waals surface area contributed by atoms with E-state index in [1.165, 1.54) is 10.5 Å². The van der Waals surface area contributed by atoms with Gasteiger partial charge in [-0.25, -0.2) is 0 Å². The first-order valence-electron chi connectivity index (χ1n) is 10.4. The first-order valence-corrected chi connectivity index (χ1v) is 10.4. The molecule has 0 N–H and O–H groups in total. The molecular weight excluding hydrogens is 419 g/mol. The summed E-state index contributed by atoms with van der Waals surface area (Å²) in [6, 6.07) is 11.8. The van der Waals surface area contributed by atoms with Crippen LogP contribution in [0, 0.1) is 6.92 Å². The van der Waals surface area contributed by atoms with E-state index in [9.17, 15) is 18.0 Å². The van der Waals surface area contributed by atoms with E-state index in [2.05, 4.69) is 15.2 Å². The van der Waals surface area contributed by atoms with Crippen molar-refractivity contribution in [1.82, 2.24) is 24.5 Å². The smallest absolute Gasteiger partial charge is 0.338 e. The van der Waals surface area contributed by atoms with Crippen LogP contribution in [0.1, 0.15) is 46.2 Å². The maximum absolute atomic E-state index is 13.3. The predicted octanol–water partition coefficient (Wildman–Crippen LogP) is 4.62. The van der Waals surface area contributed by atoms with Crippen molar-refractivity contribution in [2.45, 2.75) is 31.9 Å². The molecule has 1 aliphatic heterocycles. The fourth-order valence-corrected chi connectivity index (χ4v) is 4.33. The molecule has 32 heavy (non-hydrogen) atoms. The van der Waals surface area contributed by atoms with Crippen LogP contribution < -0.4 is 0 Å². The minimum Gasteiger partial charge on any atom is -0.338 e. The van der Waals surface area contributed by atoms with E-state index in [4.69, 9.17) is 0 Å². The Hall–Kier alpha value is -3.49. The van der Waals surface area contributed by atoms with Crippen molar-refractivity contribution in [2.75, 3.05) is 13.1 Å². The summed E-state index contributed by atoms with van der Waals surface area (Å²) in [6.45, 7) is 2.75. The molecule has 3 aromatic heterocycles. The third-order valence-corrected chi connectivity index (χ3v) is 5.97. The second kappa shape index (κ2) is 7.58. The highest BCUT2D eigenvalue weighted by atomic mass is 19.4. The molecule has 1 saturated heterocycles. The number of halogens is 3. The molecule has 9 heteroatoms. The highest BCUT2D eigenvalue weighted by Gasteiger charge is 2.33. The summed E-state index contributed by atoms with van der Waals surface area (Å²) < 4.78 is 41.0. The molecule has 164 valence electrons. The Morgan fingerprint density at radius 2 is 1.94 bits per heavy atom. The zero-order valence-corrected chi connectivity index (χ0v) is 17.3. The minimum absolute atomic E-state index is 0.129. The maximum atomic E-state index is 13.3. The van der Waals surface area contributed by atoms with Gasteiger partial charge in [0.25, 0.3) is 5.91 Å². The molecule has 0 spiro atoms. The van der Waals surface area contributed by atoms with E-state index in [0.29, 0.717) is 35.8 Å². The number of benzene rings is 1. The average molecular weight is 439 g/mol. The van der Waals surface area contributed by atoms with Crippen molar-refractivity contribution in [3.8, 4) is 0 Å². The summed E-state index contributed by atoms with van der Waals surface area (Å²) in [7, 11) is 0. The van der Waals surface area contributed by atoms with Gasteiger partial charge < -0.3 is 4.90 Å². The largest absolute Gasteiger partial charge is 0.417 e. The highest BCUT2D eigenvalue weighted by Crippen LogP contribution is 2.32. The molecule has 0 aliphatic carbocycles. The van der Waals surface area contributed by atoms with Gasteiger partial charge in [-0.05, 0) is 44.0 Å². The monoisotopic (exact) mass is 439 g/mol. The van der Waals surface area contributed by atoms with Crippen LogP contribution in [0.25, 0.3) is 16.6 Å². The molecule has 5 rings (SSSR count). The third kappa shape index (κ3) is 3.57. The Balaban J connectivity index is 1.45. The highest BCUT2D eigenvalue weighted by molar-refractivity contribution is 5.98. The number of pyridine rings is 2. The van der Waals surface area contributed by atoms with Crippen molar-refractivity contribution in [2.24, 2.45) is 0 Å². The van der Waals surface area contributed by atoms with Gasteiger partial charge in [-0.3, -0.25) is 14.2 Å². The first-order chi connectivity index (χ1) is 15.3. The molecule has 4 heterocycles. The number of rotatable bonds is 2. The third-order valence-electron chi connectivity index (χ3n) is 5.97.